The summed E-state index contributed by atoms with van der Waals surface area (Å²) in [6.07, 6.45) is -0.902. The maximum absolute atomic E-state index is 8.98. The molecule has 0 aromatic rings. The average molecular weight is 200 g/mol. The predicted octanol–water partition coefficient (Wildman–Crippen LogP) is -1.42. The van der Waals surface area contributed by atoms with Crippen molar-refractivity contribution in [3.05, 3.63) is 0 Å². The van der Waals surface area contributed by atoms with Gasteiger partial charge < -0.3 is 29.3 Å². The van der Waals surface area contributed by atoms with Gasteiger partial charge in [-0.2, -0.15) is 0 Å². The second kappa shape index (κ2) is 7.82. The molecule has 0 aliphatic rings. The second-order valence-electron chi connectivity index (χ2n) is 2.00. The Morgan fingerprint density at radius 3 is 2.42 bits per heavy atom. The van der Waals surface area contributed by atoms with Gasteiger partial charge in [-0.3, -0.25) is 0 Å². The van der Waals surface area contributed by atoms with E-state index in [1.54, 1.807) is 0 Å². The zero-order valence-corrected chi connectivity index (χ0v) is 7.35. The van der Waals surface area contributed by atoms with Crippen molar-refractivity contribution in [1.82, 2.24) is 0 Å². The van der Waals surface area contributed by atoms with Crippen molar-refractivity contribution >= 4 is 8.60 Å². The normalized spacial score (nSPS) is 13.8. The zero-order valence-electron chi connectivity index (χ0n) is 6.46. The molecule has 0 rings (SSSR count). The van der Waals surface area contributed by atoms with Crippen LogP contribution in [-0.2, 0) is 9.26 Å². The van der Waals surface area contributed by atoms with Crippen molar-refractivity contribution in [1.29, 1.82) is 0 Å². The van der Waals surface area contributed by atoms with Crippen LogP contribution in [0.4, 0.5) is 0 Å². The average Bonchev–Trinajstić information content (AvgIpc) is 2.01. The van der Waals surface area contributed by atoms with E-state index in [1.165, 1.54) is 0 Å². The van der Waals surface area contributed by atoms with Gasteiger partial charge in [0, 0.05) is 0 Å². The van der Waals surface area contributed by atoms with E-state index in [0.29, 0.717) is 0 Å². The van der Waals surface area contributed by atoms with Crippen LogP contribution in [0.1, 0.15) is 0 Å². The lowest BCUT2D eigenvalue weighted by molar-refractivity contribution is -0.000572. The van der Waals surface area contributed by atoms with Gasteiger partial charge in [0.25, 0.3) is 0 Å². The first-order valence-corrected chi connectivity index (χ1v) is 4.50. The Labute approximate surface area is 71.4 Å². The molecule has 6 nitrogen and oxygen atoms in total. The van der Waals surface area contributed by atoms with Crippen LogP contribution in [0.25, 0.3) is 0 Å². The predicted molar refractivity (Wildman–Crippen MR) is 41.2 cm³/mol. The first-order chi connectivity index (χ1) is 5.66. The number of hydrogen-bond acceptors (Lipinski definition) is 6. The fourth-order valence-corrected chi connectivity index (χ4v) is 0.790. The molecular weight excluding hydrogens is 187 g/mol. The SMILES string of the molecule is OCCOCC(O)COP(O)O. The quantitative estimate of drug-likeness (QED) is 0.297. The molecular formula is C5H13O6P. The number of aliphatic hydroxyl groups is 2. The Balaban J connectivity index is 3.15. The van der Waals surface area contributed by atoms with E-state index >= 15 is 0 Å². The Morgan fingerprint density at radius 2 is 1.92 bits per heavy atom. The summed E-state index contributed by atoms with van der Waals surface area (Å²) in [6, 6.07) is 0. The molecule has 0 aliphatic carbocycles. The maximum Gasteiger partial charge on any atom is 0.327 e. The topological polar surface area (TPSA) is 99.4 Å². The van der Waals surface area contributed by atoms with Gasteiger partial charge >= 0.3 is 8.60 Å². The molecule has 1 unspecified atom stereocenters. The summed E-state index contributed by atoms with van der Waals surface area (Å²) >= 11 is 0. The van der Waals surface area contributed by atoms with Crippen molar-refractivity contribution in [2.45, 2.75) is 6.10 Å². The molecule has 0 radical (unpaired) electrons. The molecule has 1 atom stereocenters. The van der Waals surface area contributed by atoms with E-state index in [-0.39, 0.29) is 26.4 Å². The van der Waals surface area contributed by atoms with Crippen LogP contribution < -0.4 is 0 Å². The zero-order chi connectivity index (χ0) is 9.40. The monoisotopic (exact) mass is 200 g/mol. The molecule has 74 valence electrons. The number of aliphatic hydroxyl groups excluding tert-OH is 2. The maximum atomic E-state index is 8.98. The van der Waals surface area contributed by atoms with Gasteiger partial charge in [0.1, 0.15) is 6.10 Å². The first kappa shape index (κ1) is 12.2. The molecule has 4 N–H and O–H groups in total. The Hall–Kier alpha value is 0.190. The van der Waals surface area contributed by atoms with Gasteiger partial charge in [-0.15, -0.1) is 0 Å². The molecule has 7 heteroatoms. The Bertz CT molecular complexity index is 99.9. The summed E-state index contributed by atoms with van der Waals surface area (Å²) < 4.78 is 9.06. The highest BCUT2D eigenvalue weighted by molar-refractivity contribution is 7.39. The summed E-state index contributed by atoms with van der Waals surface area (Å²) in [5.41, 5.74) is 0. The van der Waals surface area contributed by atoms with Crippen LogP contribution in [0.3, 0.4) is 0 Å². The van der Waals surface area contributed by atoms with Crippen molar-refractivity contribution in [2.75, 3.05) is 26.4 Å². The highest BCUT2D eigenvalue weighted by Gasteiger charge is 2.07. The first-order valence-electron chi connectivity index (χ1n) is 3.34. The highest BCUT2D eigenvalue weighted by Crippen LogP contribution is 2.23. The molecule has 0 fully saturated rings. The molecule has 0 aliphatic heterocycles. The van der Waals surface area contributed by atoms with Gasteiger partial charge in [0.2, 0.25) is 0 Å². The standard InChI is InChI=1S/C5H13O6P/c6-1-2-10-3-5(7)4-11-12(8)9/h5-9H,1-4H2. The smallest absolute Gasteiger partial charge is 0.327 e. The van der Waals surface area contributed by atoms with Gasteiger partial charge in [-0.25, -0.2) is 0 Å². The van der Waals surface area contributed by atoms with E-state index in [9.17, 15) is 0 Å². The van der Waals surface area contributed by atoms with Crippen molar-refractivity contribution < 1.29 is 29.3 Å². The van der Waals surface area contributed by atoms with E-state index in [0.717, 1.165) is 0 Å². The molecule has 12 heavy (non-hydrogen) atoms. The number of hydrogen-bond donors (Lipinski definition) is 4. The van der Waals surface area contributed by atoms with Gasteiger partial charge in [0.05, 0.1) is 26.4 Å². The van der Waals surface area contributed by atoms with Gasteiger partial charge in [-0.05, 0) is 0 Å². The Morgan fingerprint density at radius 1 is 1.25 bits per heavy atom. The summed E-state index contributed by atoms with van der Waals surface area (Å²) in [4.78, 5) is 16.6. The summed E-state index contributed by atoms with van der Waals surface area (Å²) in [5.74, 6) is 0. The number of ether oxygens (including phenoxy) is 1. The fraction of sp³-hybridized carbons (Fsp3) is 1.00. The number of rotatable bonds is 7. The summed E-state index contributed by atoms with van der Waals surface area (Å²) in [5, 5.41) is 17.3. The van der Waals surface area contributed by atoms with Crippen LogP contribution in [-0.4, -0.2) is 52.5 Å². The lowest BCUT2D eigenvalue weighted by Crippen LogP contribution is -2.21. The lowest BCUT2D eigenvalue weighted by Gasteiger charge is -2.10. The molecule has 0 saturated carbocycles. The van der Waals surface area contributed by atoms with Crippen LogP contribution in [0.5, 0.6) is 0 Å². The van der Waals surface area contributed by atoms with Crippen LogP contribution >= 0.6 is 8.60 Å². The summed E-state index contributed by atoms with van der Waals surface area (Å²) in [6.45, 7) is -0.155. The largest absolute Gasteiger partial charge is 0.394 e. The van der Waals surface area contributed by atoms with Crippen molar-refractivity contribution in [3.63, 3.8) is 0 Å². The minimum Gasteiger partial charge on any atom is -0.394 e. The van der Waals surface area contributed by atoms with E-state index < -0.39 is 14.7 Å². The Kier molecular flexibility index (Phi) is 7.94. The van der Waals surface area contributed by atoms with Crippen LogP contribution in [0.15, 0.2) is 0 Å². The molecule has 0 heterocycles. The van der Waals surface area contributed by atoms with Gasteiger partial charge in [0.15, 0.2) is 0 Å². The third-order valence-corrected chi connectivity index (χ3v) is 1.31. The molecule has 0 spiro atoms. The summed E-state index contributed by atoms with van der Waals surface area (Å²) in [7, 11) is -2.42. The third kappa shape index (κ3) is 8.29. The molecule has 0 aromatic carbocycles. The highest BCUT2D eigenvalue weighted by atomic mass is 31.2. The fourth-order valence-electron chi connectivity index (χ4n) is 0.485. The van der Waals surface area contributed by atoms with Crippen molar-refractivity contribution in [3.8, 4) is 0 Å². The van der Waals surface area contributed by atoms with E-state index in [4.69, 9.17) is 24.7 Å². The van der Waals surface area contributed by atoms with E-state index in [2.05, 4.69) is 4.52 Å². The van der Waals surface area contributed by atoms with Crippen molar-refractivity contribution in [2.24, 2.45) is 0 Å². The third-order valence-electron chi connectivity index (χ3n) is 0.928. The molecule has 0 aromatic heterocycles. The van der Waals surface area contributed by atoms with Gasteiger partial charge in [-0.1, -0.05) is 0 Å². The van der Waals surface area contributed by atoms with Crippen LogP contribution in [0, 0.1) is 0 Å². The second-order valence-corrected chi connectivity index (χ2v) is 2.76. The van der Waals surface area contributed by atoms with Crippen LogP contribution in [0.2, 0.25) is 0 Å². The molecule has 0 bridgehead atoms. The van der Waals surface area contributed by atoms with E-state index in [1.807, 2.05) is 0 Å². The minimum absolute atomic E-state index is 0.00370. The lowest BCUT2D eigenvalue weighted by atomic mass is 10.4. The molecule has 0 saturated heterocycles. The molecule has 0 amide bonds. The minimum atomic E-state index is -2.42.